The van der Waals surface area contributed by atoms with Gasteiger partial charge in [0.05, 0.1) is 0 Å². The van der Waals surface area contributed by atoms with Crippen LogP contribution in [0.5, 0.6) is 0 Å². The lowest BCUT2D eigenvalue weighted by molar-refractivity contribution is 0.141. The summed E-state index contributed by atoms with van der Waals surface area (Å²) in [5.41, 5.74) is 0. The molecule has 2 aliphatic rings. The summed E-state index contributed by atoms with van der Waals surface area (Å²) in [5, 5.41) is 3.91. The number of hydrogen-bond donors (Lipinski definition) is 1. The van der Waals surface area contributed by atoms with Crippen molar-refractivity contribution in [2.24, 2.45) is 5.92 Å². The average molecular weight is 295 g/mol. The fourth-order valence-electron chi connectivity index (χ4n) is 4.44. The first-order chi connectivity index (χ1) is 10.3. The van der Waals surface area contributed by atoms with Gasteiger partial charge in [0.25, 0.3) is 0 Å². The fraction of sp³-hybridized carbons (Fsp3) is 1.00. The van der Waals surface area contributed by atoms with E-state index in [9.17, 15) is 0 Å². The van der Waals surface area contributed by atoms with Crippen LogP contribution in [-0.4, -0.2) is 36.6 Å². The molecule has 2 nitrogen and oxygen atoms in total. The molecule has 0 aromatic heterocycles. The molecule has 0 radical (unpaired) electrons. The van der Waals surface area contributed by atoms with Gasteiger partial charge in [0.2, 0.25) is 0 Å². The van der Waals surface area contributed by atoms with Crippen molar-refractivity contribution in [3.05, 3.63) is 0 Å². The van der Waals surface area contributed by atoms with Crippen LogP contribution in [0, 0.1) is 5.92 Å². The van der Waals surface area contributed by atoms with Crippen molar-refractivity contribution in [1.82, 2.24) is 10.2 Å². The van der Waals surface area contributed by atoms with Crippen LogP contribution >= 0.6 is 0 Å². The van der Waals surface area contributed by atoms with E-state index in [1.54, 1.807) is 0 Å². The highest BCUT2D eigenvalue weighted by Gasteiger charge is 2.28. The minimum Gasteiger partial charge on any atom is -0.312 e. The second-order valence-corrected chi connectivity index (χ2v) is 7.37. The summed E-state index contributed by atoms with van der Waals surface area (Å²) in [6.45, 7) is 8.54. The topological polar surface area (TPSA) is 15.3 Å². The first kappa shape index (κ1) is 17.3. The number of rotatable bonds is 7. The van der Waals surface area contributed by atoms with Crippen molar-refractivity contribution >= 4 is 0 Å². The zero-order chi connectivity index (χ0) is 14.9. The zero-order valence-corrected chi connectivity index (χ0v) is 14.6. The highest BCUT2D eigenvalue weighted by Crippen LogP contribution is 2.28. The highest BCUT2D eigenvalue weighted by atomic mass is 15.2. The molecule has 2 heteroatoms. The Bertz CT molecular complexity index is 260. The van der Waals surface area contributed by atoms with E-state index in [4.69, 9.17) is 0 Å². The molecule has 1 N–H and O–H groups in total. The Balaban J connectivity index is 1.94. The Morgan fingerprint density at radius 3 is 2.38 bits per heavy atom. The van der Waals surface area contributed by atoms with E-state index in [0.717, 1.165) is 18.0 Å². The van der Waals surface area contributed by atoms with Gasteiger partial charge in [-0.1, -0.05) is 46.0 Å². The summed E-state index contributed by atoms with van der Waals surface area (Å²) in [4.78, 5) is 2.84. The van der Waals surface area contributed by atoms with E-state index in [-0.39, 0.29) is 0 Å². The molecule has 2 unspecified atom stereocenters. The predicted octanol–water partition coefficient (Wildman–Crippen LogP) is 4.59. The van der Waals surface area contributed by atoms with Gasteiger partial charge in [0.1, 0.15) is 0 Å². The molecule has 1 saturated heterocycles. The van der Waals surface area contributed by atoms with Crippen LogP contribution < -0.4 is 5.32 Å². The standard InChI is InChI=1S/C19H38N2/c1-3-14-20-19(17-11-7-5-8-12-17)16-21-15-10-6-9-13-18(21)4-2/h17-20H,3-16H2,1-2H3. The molecule has 0 aromatic carbocycles. The number of hydrogen-bond acceptors (Lipinski definition) is 2. The third-order valence-corrected chi connectivity index (χ3v) is 5.78. The van der Waals surface area contributed by atoms with Crippen molar-refractivity contribution in [3.63, 3.8) is 0 Å². The number of nitrogens with zero attached hydrogens (tertiary/aromatic N) is 1. The molecule has 1 aliphatic carbocycles. The largest absolute Gasteiger partial charge is 0.312 e. The lowest BCUT2D eigenvalue weighted by Crippen LogP contribution is -2.49. The summed E-state index contributed by atoms with van der Waals surface area (Å²) < 4.78 is 0. The van der Waals surface area contributed by atoms with Gasteiger partial charge in [-0.05, 0) is 57.5 Å². The van der Waals surface area contributed by atoms with E-state index < -0.39 is 0 Å². The molecular weight excluding hydrogens is 256 g/mol. The monoisotopic (exact) mass is 294 g/mol. The van der Waals surface area contributed by atoms with E-state index in [2.05, 4.69) is 24.1 Å². The third-order valence-electron chi connectivity index (χ3n) is 5.78. The first-order valence-corrected chi connectivity index (χ1v) is 9.82. The van der Waals surface area contributed by atoms with Crippen molar-refractivity contribution in [3.8, 4) is 0 Å². The van der Waals surface area contributed by atoms with Gasteiger partial charge in [-0.2, -0.15) is 0 Å². The van der Waals surface area contributed by atoms with Crippen molar-refractivity contribution in [2.45, 2.75) is 96.6 Å². The van der Waals surface area contributed by atoms with E-state index >= 15 is 0 Å². The van der Waals surface area contributed by atoms with Gasteiger partial charge < -0.3 is 5.32 Å². The van der Waals surface area contributed by atoms with E-state index in [1.807, 2.05) is 0 Å². The molecule has 1 aliphatic heterocycles. The second-order valence-electron chi connectivity index (χ2n) is 7.37. The van der Waals surface area contributed by atoms with Crippen LogP contribution in [0.25, 0.3) is 0 Å². The zero-order valence-electron chi connectivity index (χ0n) is 14.6. The molecule has 0 amide bonds. The van der Waals surface area contributed by atoms with Crippen LogP contribution in [0.15, 0.2) is 0 Å². The molecule has 0 spiro atoms. The minimum atomic E-state index is 0.748. The summed E-state index contributed by atoms with van der Waals surface area (Å²) in [6.07, 6.45) is 15.7. The van der Waals surface area contributed by atoms with Crippen molar-refractivity contribution in [1.29, 1.82) is 0 Å². The minimum absolute atomic E-state index is 0.748. The molecule has 2 fully saturated rings. The van der Waals surface area contributed by atoms with Crippen LogP contribution in [-0.2, 0) is 0 Å². The van der Waals surface area contributed by atoms with Gasteiger partial charge >= 0.3 is 0 Å². The predicted molar refractivity (Wildman–Crippen MR) is 92.8 cm³/mol. The Labute approximate surface area is 133 Å². The molecule has 21 heavy (non-hydrogen) atoms. The van der Waals surface area contributed by atoms with Gasteiger partial charge in [-0.15, -0.1) is 0 Å². The third kappa shape index (κ3) is 5.56. The number of likely N-dealkylation sites (tertiary alicyclic amines) is 1. The molecule has 2 atom stereocenters. The molecule has 1 saturated carbocycles. The Hall–Kier alpha value is -0.0800. The SMILES string of the molecule is CCCNC(CN1CCCCCC1CC)C1CCCCC1. The Morgan fingerprint density at radius 2 is 1.67 bits per heavy atom. The lowest BCUT2D eigenvalue weighted by Gasteiger charge is -2.38. The van der Waals surface area contributed by atoms with Crippen LogP contribution in [0.2, 0.25) is 0 Å². The Morgan fingerprint density at radius 1 is 0.952 bits per heavy atom. The van der Waals surface area contributed by atoms with Gasteiger partial charge in [-0.3, -0.25) is 4.90 Å². The summed E-state index contributed by atoms with van der Waals surface area (Å²) >= 11 is 0. The fourth-order valence-corrected chi connectivity index (χ4v) is 4.44. The first-order valence-electron chi connectivity index (χ1n) is 9.82. The lowest BCUT2D eigenvalue weighted by atomic mass is 9.83. The van der Waals surface area contributed by atoms with Crippen LogP contribution in [0.1, 0.15) is 84.5 Å². The molecule has 0 bridgehead atoms. The molecule has 0 aromatic rings. The quantitative estimate of drug-likeness (QED) is 0.739. The number of nitrogens with one attached hydrogen (secondary N) is 1. The van der Waals surface area contributed by atoms with E-state index in [1.165, 1.54) is 90.3 Å². The summed E-state index contributed by atoms with van der Waals surface area (Å²) in [7, 11) is 0. The Kier molecular flexibility index (Phi) is 8.10. The van der Waals surface area contributed by atoms with Gasteiger partial charge in [0.15, 0.2) is 0 Å². The maximum Gasteiger partial charge on any atom is 0.0223 e. The highest BCUT2D eigenvalue weighted by molar-refractivity contribution is 4.85. The maximum atomic E-state index is 3.91. The molecule has 2 rings (SSSR count). The van der Waals surface area contributed by atoms with Gasteiger partial charge in [-0.25, -0.2) is 0 Å². The van der Waals surface area contributed by atoms with E-state index in [0.29, 0.717) is 0 Å². The molecule has 124 valence electrons. The van der Waals surface area contributed by atoms with Crippen molar-refractivity contribution in [2.75, 3.05) is 19.6 Å². The summed E-state index contributed by atoms with van der Waals surface area (Å²) in [5.74, 6) is 0.936. The van der Waals surface area contributed by atoms with Crippen LogP contribution in [0.4, 0.5) is 0 Å². The second kappa shape index (κ2) is 9.84. The van der Waals surface area contributed by atoms with Crippen molar-refractivity contribution < 1.29 is 0 Å². The molecular formula is C19H38N2. The summed E-state index contributed by atoms with van der Waals surface area (Å²) in [6, 6.07) is 1.60. The average Bonchev–Trinajstić information content (AvgIpc) is 2.77. The van der Waals surface area contributed by atoms with Crippen LogP contribution in [0.3, 0.4) is 0 Å². The maximum absolute atomic E-state index is 3.91. The molecule has 1 heterocycles. The van der Waals surface area contributed by atoms with Gasteiger partial charge in [0, 0.05) is 18.6 Å². The normalized spacial score (nSPS) is 27.4. The smallest absolute Gasteiger partial charge is 0.0223 e.